The molecule has 2 amide bonds. The van der Waals surface area contributed by atoms with Crippen molar-refractivity contribution < 1.29 is 9.90 Å². The van der Waals surface area contributed by atoms with Crippen molar-refractivity contribution in [3.05, 3.63) is 34.9 Å². The maximum Gasteiger partial charge on any atom is 0.314 e. The minimum Gasteiger partial charge on any atom is -0.396 e. The van der Waals surface area contributed by atoms with Crippen LogP contribution in [0.5, 0.6) is 0 Å². The normalized spacial score (nSPS) is 16.4. The Balaban J connectivity index is 1.80. The van der Waals surface area contributed by atoms with E-state index in [9.17, 15) is 9.90 Å². The molecule has 0 heterocycles. The van der Waals surface area contributed by atoms with Crippen LogP contribution in [0.1, 0.15) is 32.3 Å². The van der Waals surface area contributed by atoms with E-state index >= 15 is 0 Å². The molecule has 0 unspecified atom stereocenters. The third-order valence-corrected chi connectivity index (χ3v) is 4.49. The number of carbonyl (C=O) groups excluding carboxylic acids is 1. The molecule has 0 spiro atoms. The van der Waals surface area contributed by atoms with Crippen LogP contribution < -0.4 is 10.6 Å². The number of aliphatic hydroxyl groups is 1. The van der Waals surface area contributed by atoms with E-state index in [0.717, 1.165) is 18.4 Å². The van der Waals surface area contributed by atoms with E-state index in [-0.39, 0.29) is 23.5 Å². The van der Waals surface area contributed by atoms with E-state index in [2.05, 4.69) is 24.5 Å². The van der Waals surface area contributed by atoms with Crippen LogP contribution >= 0.6 is 11.6 Å². The summed E-state index contributed by atoms with van der Waals surface area (Å²) in [7, 11) is 0. The first kappa shape index (κ1) is 16.1. The average molecular weight is 311 g/mol. The van der Waals surface area contributed by atoms with Gasteiger partial charge in [-0.2, -0.15) is 0 Å². The standard InChI is InChI=1S/C16H23ClN2O2/c1-15(2,12-3-5-13(17)6-4-12)9-18-14(21)19-10-16(11-20)7-8-16/h3-6,20H,7-11H2,1-2H3,(H2,18,19,21). The number of benzene rings is 1. The van der Waals surface area contributed by atoms with Gasteiger partial charge in [0.2, 0.25) is 0 Å². The maximum atomic E-state index is 11.8. The molecule has 0 bridgehead atoms. The van der Waals surface area contributed by atoms with Crippen LogP contribution in [0.3, 0.4) is 0 Å². The van der Waals surface area contributed by atoms with Gasteiger partial charge in [-0.1, -0.05) is 37.6 Å². The molecule has 1 aliphatic carbocycles. The molecule has 2 rings (SSSR count). The van der Waals surface area contributed by atoms with Crippen molar-refractivity contribution in [1.82, 2.24) is 10.6 Å². The predicted molar refractivity (Wildman–Crippen MR) is 84.6 cm³/mol. The molecule has 1 fully saturated rings. The van der Waals surface area contributed by atoms with Crippen LogP contribution in [0.25, 0.3) is 0 Å². The summed E-state index contributed by atoms with van der Waals surface area (Å²) in [5.41, 5.74) is 0.889. The lowest BCUT2D eigenvalue weighted by Crippen LogP contribution is -2.44. The van der Waals surface area contributed by atoms with Gasteiger partial charge in [0.1, 0.15) is 0 Å². The number of carbonyl (C=O) groups is 1. The van der Waals surface area contributed by atoms with Crippen molar-refractivity contribution in [2.45, 2.75) is 32.1 Å². The average Bonchev–Trinajstić information content (AvgIpc) is 3.24. The molecule has 21 heavy (non-hydrogen) atoms. The van der Waals surface area contributed by atoms with E-state index in [0.29, 0.717) is 18.1 Å². The summed E-state index contributed by atoms with van der Waals surface area (Å²) in [6.07, 6.45) is 1.97. The molecule has 0 saturated heterocycles. The van der Waals surface area contributed by atoms with Crippen LogP contribution in [-0.4, -0.2) is 30.8 Å². The Kier molecular flexibility index (Phi) is 4.79. The first-order valence-electron chi connectivity index (χ1n) is 7.26. The van der Waals surface area contributed by atoms with Crippen LogP contribution in [0, 0.1) is 5.41 Å². The SMILES string of the molecule is CC(C)(CNC(=O)NCC1(CO)CC1)c1ccc(Cl)cc1. The number of aliphatic hydroxyl groups excluding tert-OH is 1. The fraction of sp³-hybridized carbons (Fsp3) is 0.562. The lowest BCUT2D eigenvalue weighted by molar-refractivity contribution is 0.202. The van der Waals surface area contributed by atoms with E-state index in [4.69, 9.17) is 11.6 Å². The summed E-state index contributed by atoms with van der Waals surface area (Å²) in [5.74, 6) is 0. The van der Waals surface area contributed by atoms with Gasteiger partial charge < -0.3 is 15.7 Å². The predicted octanol–water partition coefficient (Wildman–Crippen LogP) is 2.69. The highest BCUT2D eigenvalue weighted by atomic mass is 35.5. The first-order chi connectivity index (χ1) is 9.87. The monoisotopic (exact) mass is 310 g/mol. The Labute approximate surface area is 130 Å². The van der Waals surface area contributed by atoms with E-state index in [1.807, 2.05) is 24.3 Å². The van der Waals surface area contributed by atoms with Gasteiger partial charge in [0.15, 0.2) is 0 Å². The van der Waals surface area contributed by atoms with Gasteiger partial charge in [0.05, 0.1) is 6.61 Å². The quantitative estimate of drug-likeness (QED) is 0.756. The van der Waals surface area contributed by atoms with Gasteiger partial charge in [0.25, 0.3) is 0 Å². The molecule has 4 nitrogen and oxygen atoms in total. The summed E-state index contributed by atoms with van der Waals surface area (Å²) >= 11 is 5.89. The fourth-order valence-electron chi connectivity index (χ4n) is 2.20. The molecule has 5 heteroatoms. The summed E-state index contributed by atoms with van der Waals surface area (Å²) in [6, 6.07) is 7.49. The van der Waals surface area contributed by atoms with Crippen LogP contribution in [0.15, 0.2) is 24.3 Å². The summed E-state index contributed by atoms with van der Waals surface area (Å²) in [5, 5.41) is 15.7. The lowest BCUT2D eigenvalue weighted by Gasteiger charge is -2.26. The number of hydrogen-bond donors (Lipinski definition) is 3. The molecule has 0 aromatic heterocycles. The van der Waals surface area contributed by atoms with Crippen molar-refractivity contribution in [3.8, 4) is 0 Å². The third kappa shape index (κ3) is 4.35. The molecule has 0 aliphatic heterocycles. The number of rotatable bonds is 6. The highest BCUT2D eigenvalue weighted by molar-refractivity contribution is 6.30. The number of amides is 2. The molecule has 116 valence electrons. The van der Waals surface area contributed by atoms with E-state index in [1.165, 1.54) is 0 Å². The molecular formula is C16H23ClN2O2. The molecule has 1 saturated carbocycles. The Bertz CT molecular complexity index is 496. The molecule has 1 aliphatic rings. The maximum absolute atomic E-state index is 11.8. The first-order valence-corrected chi connectivity index (χ1v) is 7.63. The van der Waals surface area contributed by atoms with Crippen LogP contribution in [-0.2, 0) is 5.41 Å². The largest absolute Gasteiger partial charge is 0.396 e. The molecule has 1 aromatic carbocycles. The molecule has 0 atom stereocenters. The highest BCUT2D eigenvalue weighted by Gasteiger charge is 2.42. The van der Waals surface area contributed by atoms with Crippen molar-refractivity contribution in [3.63, 3.8) is 0 Å². The Hall–Kier alpha value is -1.26. The lowest BCUT2D eigenvalue weighted by atomic mass is 9.85. The molecule has 0 radical (unpaired) electrons. The second kappa shape index (κ2) is 6.24. The van der Waals surface area contributed by atoms with Crippen molar-refractivity contribution >= 4 is 17.6 Å². The number of hydrogen-bond acceptors (Lipinski definition) is 2. The Morgan fingerprint density at radius 2 is 1.90 bits per heavy atom. The van der Waals surface area contributed by atoms with Gasteiger partial charge >= 0.3 is 6.03 Å². The van der Waals surface area contributed by atoms with Gasteiger partial charge in [-0.05, 0) is 30.5 Å². The third-order valence-electron chi connectivity index (χ3n) is 4.23. The zero-order chi connectivity index (χ0) is 15.5. The van der Waals surface area contributed by atoms with E-state index in [1.54, 1.807) is 0 Å². The van der Waals surface area contributed by atoms with Gasteiger partial charge in [-0.15, -0.1) is 0 Å². The van der Waals surface area contributed by atoms with Gasteiger partial charge in [0, 0.05) is 28.9 Å². The van der Waals surface area contributed by atoms with Gasteiger partial charge in [-0.3, -0.25) is 0 Å². The van der Waals surface area contributed by atoms with E-state index < -0.39 is 0 Å². The number of nitrogens with one attached hydrogen (secondary N) is 2. The Morgan fingerprint density at radius 1 is 1.29 bits per heavy atom. The zero-order valence-corrected chi connectivity index (χ0v) is 13.3. The van der Waals surface area contributed by atoms with Crippen LogP contribution in [0.4, 0.5) is 4.79 Å². The van der Waals surface area contributed by atoms with Crippen molar-refractivity contribution in [2.75, 3.05) is 19.7 Å². The molecule has 3 N–H and O–H groups in total. The highest BCUT2D eigenvalue weighted by Crippen LogP contribution is 2.44. The Morgan fingerprint density at radius 3 is 2.43 bits per heavy atom. The number of halogens is 1. The van der Waals surface area contributed by atoms with Crippen LogP contribution in [0.2, 0.25) is 5.02 Å². The summed E-state index contributed by atoms with van der Waals surface area (Å²) in [4.78, 5) is 11.8. The smallest absolute Gasteiger partial charge is 0.314 e. The van der Waals surface area contributed by atoms with Crippen molar-refractivity contribution in [1.29, 1.82) is 0 Å². The number of urea groups is 1. The summed E-state index contributed by atoms with van der Waals surface area (Å²) < 4.78 is 0. The minimum absolute atomic E-state index is 0.0664. The van der Waals surface area contributed by atoms with Gasteiger partial charge in [-0.25, -0.2) is 4.79 Å². The topological polar surface area (TPSA) is 61.4 Å². The second-order valence-electron chi connectivity index (χ2n) is 6.59. The molecule has 1 aromatic rings. The second-order valence-corrected chi connectivity index (χ2v) is 7.02. The van der Waals surface area contributed by atoms with Crippen molar-refractivity contribution in [2.24, 2.45) is 5.41 Å². The minimum atomic E-state index is -0.184. The fourth-order valence-corrected chi connectivity index (χ4v) is 2.33. The summed E-state index contributed by atoms with van der Waals surface area (Å²) in [6.45, 7) is 5.37. The zero-order valence-electron chi connectivity index (χ0n) is 12.6. The molecular weight excluding hydrogens is 288 g/mol.